The molecule has 1 unspecified atom stereocenters. The maximum atomic E-state index is 11.7. The molecule has 0 saturated carbocycles. The number of rotatable bonds is 4. The molecule has 2 saturated heterocycles. The highest BCUT2D eigenvalue weighted by Gasteiger charge is 2.32. The van der Waals surface area contributed by atoms with Crippen LogP contribution in [0.25, 0.3) is 0 Å². The van der Waals surface area contributed by atoms with Crippen molar-refractivity contribution in [1.29, 1.82) is 0 Å². The normalized spacial score (nSPS) is 22.0. The Morgan fingerprint density at radius 2 is 1.74 bits per heavy atom. The van der Waals surface area contributed by atoms with Gasteiger partial charge in [-0.1, -0.05) is 0 Å². The van der Waals surface area contributed by atoms with Crippen molar-refractivity contribution in [3.05, 3.63) is 30.7 Å². The number of hydrogen-bond donors (Lipinski definition) is 0. The third kappa shape index (κ3) is 3.95. The molecule has 4 rings (SSSR count). The lowest BCUT2D eigenvalue weighted by Crippen LogP contribution is -2.47. The van der Waals surface area contributed by atoms with Crippen LogP contribution in [-0.2, 0) is 9.84 Å². The van der Waals surface area contributed by atoms with Gasteiger partial charge in [-0.05, 0) is 18.6 Å². The van der Waals surface area contributed by atoms with E-state index in [1.165, 1.54) is 0 Å². The summed E-state index contributed by atoms with van der Waals surface area (Å²) in [5.41, 5.74) is 0. The van der Waals surface area contributed by atoms with Crippen LogP contribution in [0, 0.1) is 0 Å². The van der Waals surface area contributed by atoms with Crippen molar-refractivity contribution in [1.82, 2.24) is 19.9 Å². The van der Waals surface area contributed by atoms with E-state index >= 15 is 0 Å². The second-order valence-electron chi connectivity index (χ2n) is 6.91. The summed E-state index contributed by atoms with van der Waals surface area (Å²) in [5, 5.41) is 0. The van der Waals surface area contributed by atoms with E-state index < -0.39 is 9.84 Å². The van der Waals surface area contributed by atoms with Crippen molar-refractivity contribution in [2.75, 3.05) is 59.4 Å². The van der Waals surface area contributed by atoms with E-state index in [2.05, 4.69) is 29.7 Å². The van der Waals surface area contributed by atoms with E-state index in [1.807, 2.05) is 24.1 Å². The SMILES string of the molecule is CN(c1nccc(N2CCN(c3ncccn3)CC2)n1)C1CCS(=O)(=O)C1. The average Bonchev–Trinajstić information content (AvgIpc) is 3.08. The fourth-order valence-corrected chi connectivity index (χ4v) is 5.29. The first kappa shape index (κ1) is 17.9. The van der Waals surface area contributed by atoms with Gasteiger partial charge in [0.05, 0.1) is 11.5 Å². The highest BCUT2D eigenvalue weighted by molar-refractivity contribution is 7.91. The molecular formula is C17H23N7O2S. The van der Waals surface area contributed by atoms with Crippen molar-refractivity contribution in [3.8, 4) is 0 Å². The molecule has 27 heavy (non-hydrogen) atoms. The Hall–Kier alpha value is -2.49. The molecule has 144 valence electrons. The predicted molar refractivity (Wildman–Crippen MR) is 104 cm³/mol. The Bertz CT molecular complexity index is 885. The summed E-state index contributed by atoms with van der Waals surface area (Å²) < 4.78 is 23.5. The molecule has 0 amide bonds. The molecule has 2 aromatic rings. The van der Waals surface area contributed by atoms with Gasteiger partial charge in [0.2, 0.25) is 11.9 Å². The number of sulfone groups is 1. The molecule has 0 N–H and O–H groups in total. The van der Waals surface area contributed by atoms with Gasteiger partial charge in [-0.2, -0.15) is 4.98 Å². The van der Waals surface area contributed by atoms with Gasteiger partial charge in [-0.15, -0.1) is 0 Å². The van der Waals surface area contributed by atoms with E-state index in [0.29, 0.717) is 12.4 Å². The topological polar surface area (TPSA) is 95.4 Å². The van der Waals surface area contributed by atoms with Crippen LogP contribution < -0.4 is 14.7 Å². The summed E-state index contributed by atoms with van der Waals surface area (Å²) in [6.07, 6.45) is 5.88. The fourth-order valence-electron chi connectivity index (χ4n) is 3.52. The minimum absolute atomic E-state index is 0.0580. The van der Waals surface area contributed by atoms with Crippen molar-refractivity contribution in [3.63, 3.8) is 0 Å². The molecule has 4 heterocycles. The average molecular weight is 389 g/mol. The van der Waals surface area contributed by atoms with Gasteiger partial charge in [0, 0.05) is 57.9 Å². The third-order valence-electron chi connectivity index (χ3n) is 5.14. The number of hydrogen-bond acceptors (Lipinski definition) is 9. The van der Waals surface area contributed by atoms with Crippen molar-refractivity contribution < 1.29 is 8.42 Å². The highest BCUT2D eigenvalue weighted by atomic mass is 32.2. The number of nitrogens with zero attached hydrogens (tertiary/aromatic N) is 7. The zero-order valence-corrected chi connectivity index (χ0v) is 16.1. The minimum atomic E-state index is -2.94. The van der Waals surface area contributed by atoms with Crippen LogP contribution in [0.1, 0.15) is 6.42 Å². The molecule has 0 bridgehead atoms. The summed E-state index contributed by atoms with van der Waals surface area (Å²) in [6.45, 7) is 3.27. The third-order valence-corrected chi connectivity index (χ3v) is 6.89. The standard InChI is InChI=1S/C17H23N7O2S/c1-22(14-4-12-27(25,26)13-14)17-20-7-3-15(21-17)23-8-10-24(11-9-23)16-18-5-2-6-19-16/h2-3,5-7,14H,4,8-13H2,1H3. The zero-order valence-electron chi connectivity index (χ0n) is 15.3. The van der Waals surface area contributed by atoms with Crippen LogP contribution in [0.15, 0.2) is 30.7 Å². The van der Waals surface area contributed by atoms with Crippen molar-refractivity contribution in [2.24, 2.45) is 0 Å². The van der Waals surface area contributed by atoms with Crippen LogP contribution in [0.4, 0.5) is 17.7 Å². The van der Waals surface area contributed by atoms with Gasteiger partial charge in [0.15, 0.2) is 9.84 Å². The van der Waals surface area contributed by atoms with E-state index in [0.717, 1.165) is 37.9 Å². The molecule has 0 spiro atoms. The molecule has 1 atom stereocenters. The van der Waals surface area contributed by atoms with Crippen molar-refractivity contribution >= 4 is 27.6 Å². The lowest BCUT2D eigenvalue weighted by Gasteiger charge is -2.35. The van der Waals surface area contributed by atoms with Gasteiger partial charge in [-0.25, -0.2) is 23.4 Å². The summed E-state index contributed by atoms with van der Waals surface area (Å²) >= 11 is 0. The summed E-state index contributed by atoms with van der Waals surface area (Å²) in [6, 6.07) is 3.66. The molecule has 2 fully saturated rings. The highest BCUT2D eigenvalue weighted by Crippen LogP contribution is 2.22. The Balaban J connectivity index is 1.43. The van der Waals surface area contributed by atoms with Gasteiger partial charge in [-0.3, -0.25) is 0 Å². The van der Waals surface area contributed by atoms with Crippen molar-refractivity contribution in [2.45, 2.75) is 12.5 Å². The minimum Gasteiger partial charge on any atom is -0.353 e. The second kappa shape index (κ2) is 7.26. The summed E-state index contributed by atoms with van der Waals surface area (Å²) in [5.74, 6) is 2.60. The molecule has 0 aromatic carbocycles. The Morgan fingerprint density at radius 1 is 1.04 bits per heavy atom. The molecule has 2 aromatic heterocycles. The van der Waals surface area contributed by atoms with E-state index in [1.54, 1.807) is 18.6 Å². The van der Waals surface area contributed by atoms with Crippen LogP contribution in [0.5, 0.6) is 0 Å². The molecular weight excluding hydrogens is 366 g/mol. The maximum absolute atomic E-state index is 11.7. The van der Waals surface area contributed by atoms with Crippen LogP contribution in [0.2, 0.25) is 0 Å². The Kier molecular flexibility index (Phi) is 4.81. The zero-order chi connectivity index (χ0) is 18.9. The predicted octanol–water partition coefficient (Wildman–Crippen LogP) is 0.217. The number of aromatic nitrogens is 4. The molecule has 10 heteroatoms. The van der Waals surface area contributed by atoms with Gasteiger partial charge < -0.3 is 14.7 Å². The number of anilines is 3. The second-order valence-corrected chi connectivity index (χ2v) is 9.13. The van der Waals surface area contributed by atoms with E-state index in [4.69, 9.17) is 0 Å². The molecule has 9 nitrogen and oxygen atoms in total. The largest absolute Gasteiger partial charge is 0.353 e. The van der Waals surface area contributed by atoms with Crippen LogP contribution in [0.3, 0.4) is 0 Å². The summed E-state index contributed by atoms with van der Waals surface area (Å²) in [7, 11) is -1.07. The Labute approximate surface area is 159 Å². The smallest absolute Gasteiger partial charge is 0.227 e. The first-order chi connectivity index (χ1) is 13.0. The maximum Gasteiger partial charge on any atom is 0.227 e. The van der Waals surface area contributed by atoms with Gasteiger partial charge in [0.25, 0.3) is 0 Å². The van der Waals surface area contributed by atoms with E-state index in [9.17, 15) is 8.42 Å². The fraction of sp³-hybridized carbons (Fsp3) is 0.529. The first-order valence-corrected chi connectivity index (χ1v) is 10.9. The van der Waals surface area contributed by atoms with Gasteiger partial charge in [0.1, 0.15) is 5.82 Å². The monoisotopic (exact) mass is 389 g/mol. The molecule has 2 aliphatic heterocycles. The van der Waals surface area contributed by atoms with Gasteiger partial charge >= 0.3 is 0 Å². The van der Waals surface area contributed by atoms with Crippen LogP contribution in [-0.4, -0.2) is 79.1 Å². The lowest BCUT2D eigenvalue weighted by atomic mass is 10.2. The molecule has 0 aliphatic carbocycles. The van der Waals surface area contributed by atoms with E-state index in [-0.39, 0.29) is 17.5 Å². The number of piperazine rings is 1. The van der Waals surface area contributed by atoms with Crippen LogP contribution >= 0.6 is 0 Å². The molecule has 2 aliphatic rings. The first-order valence-electron chi connectivity index (χ1n) is 9.05. The quantitative estimate of drug-likeness (QED) is 0.727. The Morgan fingerprint density at radius 3 is 2.41 bits per heavy atom. The summed E-state index contributed by atoms with van der Waals surface area (Å²) in [4.78, 5) is 23.9. The molecule has 0 radical (unpaired) electrons. The lowest BCUT2D eigenvalue weighted by molar-refractivity contribution is 0.600.